The molecule has 0 saturated carbocycles. The Bertz CT molecular complexity index is 1010. The van der Waals surface area contributed by atoms with E-state index < -0.39 is 5.41 Å². The average Bonchev–Trinajstić information content (AvgIpc) is 3.26. The van der Waals surface area contributed by atoms with Crippen molar-refractivity contribution in [3.05, 3.63) is 36.3 Å². The topological polar surface area (TPSA) is 95.0 Å². The first kappa shape index (κ1) is 17.6. The fraction of sp³-hybridized carbons (Fsp3) is 0.400. The van der Waals surface area contributed by atoms with Gasteiger partial charge in [0.15, 0.2) is 11.4 Å². The van der Waals surface area contributed by atoms with Crippen LogP contribution in [0.15, 0.2) is 30.7 Å². The largest absolute Gasteiger partial charge is 0.391 e. The van der Waals surface area contributed by atoms with E-state index in [1.807, 2.05) is 32.9 Å². The number of hydrogen-bond acceptors (Lipinski definition) is 6. The van der Waals surface area contributed by atoms with Gasteiger partial charge in [-0.25, -0.2) is 15.0 Å². The van der Waals surface area contributed by atoms with Crippen LogP contribution in [0.3, 0.4) is 0 Å². The van der Waals surface area contributed by atoms with E-state index in [1.165, 1.54) is 0 Å². The van der Waals surface area contributed by atoms with Crippen molar-refractivity contribution in [1.82, 2.24) is 19.9 Å². The molecule has 0 bridgehead atoms. The molecular formula is C20H23N5O2. The van der Waals surface area contributed by atoms with E-state index in [-0.39, 0.29) is 11.9 Å². The van der Waals surface area contributed by atoms with Crippen molar-refractivity contribution in [2.24, 2.45) is 5.41 Å². The Kier molecular flexibility index (Phi) is 4.19. The summed E-state index contributed by atoms with van der Waals surface area (Å²) in [5.74, 6) is 0.840. The quantitative estimate of drug-likeness (QED) is 0.693. The number of pyridine rings is 1. The second kappa shape index (κ2) is 6.42. The highest BCUT2D eigenvalue weighted by atomic mass is 16.3. The smallest absolute Gasteiger partial charge is 0.171 e. The highest BCUT2D eigenvalue weighted by Crippen LogP contribution is 2.28. The summed E-state index contributed by atoms with van der Waals surface area (Å²) in [6.45, 7) is 7.05. The third-order valence-corrected chi connectivity index (χ3v) is 4.84. The molecule has 0 aliphatic carbocycles. The molecule has 140 valence electrons. The molecule has 1 unspecified atom stereocenters. The van der Waals surface area contributed by atoms with E-state index in [0.29, 0.717) is 29.0 Å². The third-order valence-electron chi connectivity index (χ3n) is 4.84. The molecule has 1 saturated heterocycles. The number of H-pyrrole nitrogens is 1. The highest BCUT2D eigenvalue weighted by Gasteiger charge is 2.26. The lowest BCUT2D eigenvalue weighted by molar-refractivity contribution is 0.0860. The summed E-state index contributed by atoms with van der Waals surface area (Å²) in [5, 5.41) is 9.76. The zero-order chi connectivity index (χ0) is 19.2. The molecule has 0 aromatic carbocycles. The predicted octanol–water partition coefficient (Wildman–Crippen LogP) is 2.82. The molecule has 1 atom stereocenters. The minimum Gasteiger partial charge on any atom is -0.391 e. The number of aromatic nitrogens is 4. The molecule has 1 aliphatic rings. The summed E-state index contributed by atoms with van der Waals surface area (Å²) in [4.78, 5) is 31.4. The molecule has 7 heteroatoms. The molecule has 1 fully saturated rings. The van der Waals surface area contributed by atoms with Gasteiger partial charge in [0, 0.05) is 36.5 Å². The number of rotatable bonds is 3. The van der Waals surface area contributed by atoms with Crippen molar-refractivity contribution in [3.63, 3.8) is 0 Å². The van der Waals surface area contributed by atoms with Crippen molar-refractivity contribution >= 4 is 22.8 Å². The monoisotopic (exact) mass is 365 g/mol. The maximum absolute atomic E-state index is 12.7. The zero-order valence-electron chi connectivity index (χ0n) is 15.7. The zero-order valence-corrected chi connectivity index (χ0v) is 15.7. The number of ketones is 1. The summed E-state index contributed by atoms with van der Waals surface area (Å²) in [7, 11) is 0. The molecule has 7 nitrogen and oxygen atoms in total. The number of Topliss-reactive ketones (excluding diaryl/α,β-unsaturated/α-hetero) is 1. The maximum atomic E-state index is 12.7. The predicted molar refractivity (Wildman–Crippen MR) is 104 cm³/mol. The molecule has 4 rings (SSSR count). The minimum atomic E-state index is -0.493. The van der Waals surface area contributed by atoms with Gasteiger partial charge in [-0.2, -0.15) is 0 Å². The second-order valence-corrected chi connectivity index (χ2v) is 8.03. The van der Waals surface area contributed by atoms with E-state index in [0.717, 1.165) is 24.3 Å². The number of β-amino-alcohol motifs (C(OH)–C–C–N with tert-alkyl or cyclic N) is 1. The Hall–Kier alpha value is -2.80. The number of nitrogens with one attached hydrogen (secondary N) is 1. The maximum Gasteiger partial charge on any atom is 0.171 e. The first-order chi connectivity index (χ1) is 12.8. The molecule has 27 heavy (non-hydrogen) atoms. The lowest BCUT2D eigenvalue weighted by Crippen LogP contribution is -2.22. The van der Waals surface area contributed by atoms with Crippen molar-refractivity contribution in [2.75, 3.05) is 18.0 Å². The van der Waals surface area contributed by atoms with Crippen LogP contribution < -0.4 is 4.90 Å². The molecule has 0 spiro atoms. The lowest BCUT2D eigenvalue weighted by atomic mass is 9.87. The minimum absolute atomic E-state index is 0.0293. The summed E-state index contributed by atoms with van der Waals surface area (Å²) in [6.07, 6.45) is 5.56. The molecular weight excluding hydrogens is 342 g/mol. The van der Waals surface area contributed by atoms with Crippen LogP contribution in [0.2, 0.25) is 0 Å². The van der Waals surface area contributed by atoms with Gasteiger partial charge < -0.3 is 15.0 Å². The lowest BCUT2D eigenvalue weighted by Gasteiger charge is -2.17. The van der Waals surface area contributed by atoms with E-state index in [9.17, 15) is 9.90 Å². The van der Waals surface area contributed by atoms with Gasteiger partial charge >= 0.3 is 0 Å². The summed E-state index contributed by atoms with van der Waals surface area (Å²) in [5.41, 5.74) is 2.82. The molecule has 0 amide bonds. The number of aliphatic hydroxyl groups excluding tert-OH is 1. The average molecular weight is 365 g/mol. The van der Waals surface area contributed by atoms with Gasteiger partial charge in [0.1, 0.15) is 11.3 Å². The molecule has 3 aromatic rings. The molecule has 3 aromatic heterocycles. The standard InChI is InChI=1S/C20H23N5O2/c1-20(2,3)18(27)14-9-22-19-17(14)24-15(10-23-19)12-4-6-21-16(8-12)25-7-5-13(26)11-25/h4,6,8-10,13,26H,5,7,11H2,1-3H3,(H,22,23). The van der Waals surface area contributed by atoms with Gasteiger partial charge in [-0.05, 0) is 18.6 Å². The Morgan fingerprint density at radius 2 is 2.15 bits per heavy atom. The van der Waals surface area contributed by atoms with Gasteiger partial charge in [-0.15, -0.1) is 0 Å². The summed E-state index contributed by atoms with van der Waals surface area (Å²) >= 11 is 0. The van der Waals surface area contributed by atoms with Crippen LogP contribution >= 0.6 is 0 Å². The van der Waals surface area contributed by atoms with Gasteiger partial charge in [-0.3, -0.25) is 4.79 Å². The number of hydrogen-bond donors (Lipinski definition) is 2. The van der Waals surface area contributed by atoms with Gasteiger partial charge in [-0.1, -0.05) is 20.8 Å². The number of nitrogens with zero attached hydrogens (tertiary/aromatic N) is 4. The Morgan fingerprint density at radius 1 is 1.33 bits per heavy atom. The number of anilines is 1. The number of fused-ring (bicyclic) bond motifs is 1. The van der Waals surface area contributed by atoms with Gasteiger partial charge in [0.05, 0.1) is 23.6 Å². The van der Waals surface area contributed by atoms with Gasteiger partial charge in [0.25, 0.3) is 0 Å². The normalized spacial score (nSPS) is 17.6. The van der Waals surface area contributed by atoms with Crippen molar-refractivity contribution in [2.45, 2.75) is 33.3 Å². The van der Waals surface area contributed by atoms with Gasteiger partial charge in [0.2, 0.25) is 0 Å². The highest BCUT2D eigenvalue weighted by molar-refractivity contribution is 6.08. The first-order valence-corrected chi connectivity index (χ1v) is 9.11. The summed E-state index contributed by atoms with van der Waals surface area (Å²) < 4.78 is 0. The van der Waals surface area contributed by atoms with Crippen LogP contribution in [-0.4, -0.2) is 50.0 Å². The van der Waals surface area contributed by atoms with E-state index in [1.54, 1.807) is 18.6 Å². The number of aromatic amines is 1. The van der Waals surface area contributed by atoms with E-state index in [4.69, 9.17) is 4.98 Å². The van der Waals surface area contributed by atoms with E-state index >= 15 is 0 Å². The third kappa shape index (κ3) is 3.30. The SMILES string of the molecule is CC(C)(C)C(=O)c1c[nH]c2ncc(-c3ccnc(N4CCC(O)C4)c3)nc12. The second-order valence-electron chi connectivity index (χ2n) is 8.03. The molecule has 2 N–H and O–H groups in total. The van der Waals surface area contributed by atoms with Crippen LogP contribution in [0, 0.1) is 5.41 Å². The van der Waals surface area contributed by atoms with E-state index in [2.05, 4.69) is 19.9 Å². The molecule has 0 radical (unpaired) electrons. The Balaban J connectivity index is 1.73. The summed E-state index contributed by atoms with van der Waals surface area (Å²) in [6, 6.07) is 3.83. The van der Waals surface area contributed by atoms with Crippen LogP contribution in [0.25, 0.3) is 22.4 Å². The Morgan fingerprint density at radius 3 is 2.85 bits per heavy atom. The molecule has 4 heterocycles. The fourth-order valence-corrected chi connectivity index (χ4v) is 3.31. The van der Waals surface area contributed by atoms with Crippen molar-refractivity contribution in [1.29, 1.82) is 0 Å². The number of aliphatic hydroxyl groups is 1. The number of carbonyl (C=O) groups excluding carboxylic acids is 1. The van der Waals surface area contributed by atoms with Crippen LogP contribution in [0.4, 0.5) is 5.82 Å². The Labute approximate surface area is 157 Å². The van der Waals surface area contributed by atoms with Crippen molar-refractivity contribution < 1.29 is 9.90 Å². The first-order valence-electron chi connectivity index (χ1n) is 9.11. The number of carbonyl (C=O) groups is 1. The van der Waals surface area contributed by atoms with Crippen LogP contribution in [0.1, 0.15) is 37.6 Å². The van der Waals surface area contributed by atoms with Crippen LogP contribution in [-0.2, 0) is 0 Å². The molecule has 1 aliphatic heterocycles. The fourth-order valence-electron chi connectivity index (χ4n) is 3.31. The van der Waals surface area contributed by atoms with Crippen molar-refractivity contribution in [3.8, 4) is 11.3 Å². The van der Waals surface area contributed by atoms with Crippen LogP contribution in [0.5, 0.6) is 0 Å².